The zero-order valence-electron chi connectivity index (χ0n) is 12.4. The van der Waals surface area contributed by atoms with Gasteiger partial charge >= 0.3 is 0 Å². The van der Waals surface area contributed by atoms with Crippen molar-refractivity contribution in [1.82, 2.24) is 10.3 Å². The van der Waals surface area contributed by atoms with Crippen molar-refractivity contribution in [3.05, 3.63) is 16.1 Å². The normalized spacial score (nSPS) is 24.9. The molecule has 1 aromatic heterocycles. The van der Waals surface area contributed by atoms with Gasteiger partial charge in [-0.3, -0.25) is 4.79 Å². The van der Waals surface area contributed by atoms with E-state index < -0.39 is 0 Å². The van der Waals surface area contributed by atoms with Crippen molar-refractivity contribution in [2.45, 2.75) is 49.8 Å². The lowest BCUT2D eigenvalue weighted by atomic mass is 9.98. The molecule has 2 fully saturated rings. The fourth-order valence-corrected chi connectivity index (χ4v) is 6.82. The molecule has 1 atom stereocenters. The molecule has 1 aliphatic heterocycles. The Labute approximate surface area is 139 Å². The van der Waals surface area contributed by atoms with Gasteiger partial charge in [0.1, 0.15) is 5.01 Å². The summed E-state index contributed by atoms with van der Waals surface area (Å²) in [4.78, 5) is 17.2. The van der Waals surface area contributed by atoms with Crippen LogP contribution in [0.15, 0.2) is 5.38 Å². The van der Waals surface area contributed by atoms with E-state index in [4.69, 9.17) is 0 Å². The Morgan fingerprint density at radius 2 is 2.24 bits per heavy atom. The number of hydrogen-bond acceptors (Lipinski definition) is 5. The smallest absolute Gasteiger partial charge is 0.221 e. The molecule has 0 aromatic carbocycles. The molecule has 1 aromatic rings. The maximum atomic E-state index is 12.5. The highest BCUT2D eigenvalue weighted by molar-refractivity contribution is 8.06. The summed E-state index contributed by atoms with van der Waals surface area (Å²) in [5.41, 5.74) is 0.887. The first kappa shape index (κ1) is 15.7. The number of thiazole rings is 1. The van der Waals surface area contributed by atoms with Crippen molar-refractivity contribution in [1.29, 1.82) is 0 Å². The number of amides is 1. The largest absolute Gasteiger partial charge is 0.344 e. The summed E-state index contributed by atoms with van der Waals surface area (Å²) in [6, 6.07) is 0. The summed E-state index contributed by atoms with van der Waals surface area (Å²) < 4.78 is 0. The van der Waals surface area contributed by atoms with Crippen LogP contribution >= 0.6 is 34.9 Å². The summed E-state index contributed by atoms with van der Waals surface area (Å²) in [6.07, 6.45) is 5.11. The van der Waals surface area contributed by atoms with Gasteiger partial charge in [0, 0.05) is 40.0 Å². The van der Waals surface area contributed by atoms with Gasteiger partial charge in [-0.2, -0.15) is 23.5 Å². The third kappa shape index (κ3) is 3.77. The van der Waals surface area contributed by atoms with Crippen LogP contribution < -0.4 is 5.32 Å². The molecule has 2 heterocycles. The average molecular weight is 343 g/mol. The van der Waals surface area contributed by atoms with Crippen LogP contribution in [0.25, 0.3) is 0 Å². The van der Waals surface area contributed by atoms with Crippen LogP contribution in [0.2, 0.25) is 0 Å². The average Bonchev–Trinajstić information content (AvgIpc) is 3.10. The maximum Gasteiger partial charge on any atom is 0.221 e. The minimum atomic E-state index is -0.178. The Bertz CT molecular complexity index is 491. The topological polar surface area (TPSA) is 42.0 Å². The van der Waals surface area contributed by atoms with Crippen LogP contribution in [0.3, 0.4) is 0 Å². The van der Waals surface area contributed by atoms with Crippen molar-refractivity contribution >= 4 is 40.8 Å². The number of aromatic nitrogens is 1. The van der Waals surface area contributed by atoms with E-state index in [1.165, 1.54) is 24.3 Å². The zero-order chi connectivity index (χ0) is 14.7. The predicted molar refractivity (Wildman–Crippen MR) is 93.3 cm³/mol. The Kier molecular flexibility index (Phi) is 5.17. The molecule has 3 rings (SSSR count). The molecule has 1 amide bonds. The first-order valence-electron chi connectivity index (χ1n) is 7.61. The van der Waals surface area contributed by atoms with Crippen molar-refractivity contribution in [3.63, 3.8) is 0 Å². The van der Waals surface area contributed by atoms with E-state index in [-0.39, 0.29) is 11.4 Å². The highest BCUT2D eigenvalue weighted by Gasteiger charge is 2.39. The van der Waals surface area contributed by atoms with Gasteiger partial charge in [0.15, 0.2) is 0 Å². The molecular formula is C15H22N2OS3. The van der Waals surface area contributed by atoms with Crippen molar-refractivity contribution in [2.24, 2.45) is 0 Å². The van der Waals surface area contributed by atoms with E-state index >= 15 is 0 Å². The zero-order valence-corrected chi connectivity index (χ0v) is 14.8. The van der Waals surface area contributed by atoms with E-state index in [9.17, 15) is 4.79 Å². The van der Waals surface area contributed by atoms with Crippen LogP contribution in [0, 0.1) is 6.92 Å². The number of hydrogen-bond donors (Lipinski definition) is 1. The molecule has 6 heteroatoms. The second kappa shape index (κ2) is 6.92. The molecular weight excluding hydrogens is 320 g/mol. The van der Waals surface area contributed by atoms with Gasteiger partial charge in [0.05, 0.1) is 5.54 Å². The fourth-order valence-electron chi connectivity index (χ4n) is 3.12. The number of nitrogens with one attached hydrogen (secondary N) is 1. The highest BCUT2D eigenvalue weighted by Crippen LogP contribution is 2.40. The lowest BCUT2D eigenvalue weighted by Gasteiger charge is -2.29. The Morgan fingerprint density at radius 3 is 2.86 bits per heavy atom. The summed E-state index contributed by atoms with van der Waals surface area (Å²) >= 11 is 5.63. The van der Waals surface area contributed by atoms with E-state index in [2.05, 4.69) is 15.7 Å². The quantitative estimate of drug-likeness (QED) is 0.908. The Balaban J connectivity index is 1.66. The summed E-state index contributed by atoms with van der Waals surface area (Å²) in [7, 11) is 0. The third-order valence-electron chi connectivity index (χ3n) is 4.16. The Hall–Kier alpha value is -0.200. The lowest BCUT2D eigenvalue weighted by Crippen LogP contribution is -2.44. The van der Waals surface area contributed by atoms with Gasteiger partial charge in [-0.05, 0) is 19.8 Å². The number of nitrogens with zero attached hydrogens (tertiary/aromatic N) is 1. The summed E-state index contributed by atoms with van der Waals surface area (Å²) in [5.74, 6) is 3.73. The second-order valence-corrected chi connectivity index (χ2v) is 9.32. The van der Waals surface area contributed by atoms with Gasteiger partial charge in [-0.25, -0.2) is 4.98 Å². The number of carbonyl (C=O) groups excluding carboxylic acids is 1. The molecule has 0 radical (unpaired) electrons. The van der Waals surface area contributed by atoms with E-state index in [1.807, 2.05) is 30.4 Å². The van der Waals surface area contributed by atoms with Crippen LogP contribution in [-0.2, 0) is 10.3 Å². The van der Waals surface area contributed by atoms with Crippen molar-refractivity contribution < 1.29 is 4.79 Å². The third-order valence-corrected chi connectivity index (χ3v) is 8.17. The van der Waals surface area contributed by atoms with Gasteiger partial charge in [0.2, 0.25) is 5.91 Å². The minimum Gasteiger partial charge on any atom is -0.344 e. The predicted octanol–water partition coefficient (Wildman–Crippen LogP) is 3.58. The molecule has 3 nitrogen and oxygen atoms in total. The van der Waals surface area contributed by atoms with E-state index in [0.717, 1.165) is 29.3 Å². The highest BCUT2D eigenvalue weighted by atomic mass is 32.2. The van der Waals surface area contributed by atoms with Crippen molar-refractivity contribution in [2.75, 3.05) is 17.3 Å². The first-order valence-corrected chi connectivity index (χ1v) is 10.7. The molecule has 1 saturated heterocycles. The number of carbonyl (C=O) groups is 1. The van der Waals surface area contributed by atoms with E-state index in [0.29, 0.717) is 11.7 Å². The van der Waals surface area contributed by atoms with Gasteiger partial charge in [-0.1, -0.05) is 12.8 Å². The number of aryl methyl sites for hydroxylation is 1. The second-order valence-electron chi connectivity index (χ2n) is 5.90. The molecule has 0 unspecified atom stereocenters. The number of rotatable bonds is 4. The van der Waals surface area contributed by atoms with Crippen LogP contribution in [0.4, 0.5) is 0 Å². The monoisotopic (exact) mass is 342 g/mol. The SMILES string of the molecule is Cc1csc(C2(NC(=O)C[C@H]3CSCCS3)CCCC2)n1. The minimum absolute atomic E-state index is 0.178. The lowest BCUT2D eigenvalue weighted by molar-refractivity contribution is -0.123. The van der Waals surface area contributed by atoms with Gasteiger partial charge in [-0.15, -0.1) is 11.3 Å². The van der Waals surface area contributed by atoms with Crippen LogP contribution in [0.5, 0.6) is 0 Å². The summed E-state index contributed by atoms with van der Waals surface area (Å²) in [6.45, 7) is 2.03. The molecule has 1 aliphatic carbocycles. The molecule has 0 spiro atoms. The number of thioether (sulfide) groups is 2. The van der Waals surface area contributed by atoms with Gasteiger partial charge < -0.3 is 5.32 Å². The van der Waals surface area contributed by atoms with Crippen LogP contribution in [-0.4, -0.2) is 33.4 Å². The molecule has 2 aliphatic rings. The molecule has 21 heavy (non-hydrogen) atoms. The summed E-state index contributed by atoms with van der Waals surface area (Å²) in [5, 5.41) is 7.04. The van der Waals surface area contributed by atoms with E-state index in [1.54, 1.807) is 11.3 Å². The molecule has 1 N–H and O–H groups in total. The molecule has 0 bridgehead atoms. The van der Waals surface area contributed by atoms with Crippen molar-refractivity contribution in [3.8, 4) is 0 Å². The van der Waals surface area contributed by atoms with Crippen LogP contribution in [0.1, 0.15) is 42.8 Å². The molecule has 116 valence electrons. The van der Waals surface area contributed by atoms with Gasteiger partial charge in [0.25, 0.3) is 0 Å². The fraction of sp³-hybridized carbons (Fsp3) is 0.733. The first-order chi connectivity index (χ1) is 10.2. The Morgan fingerprint density at radius 1 is 1.43 bits per heavy atom. The molecule has 1 saturated carbocycles. The maximum absolute atomic E-state index is 12.5. The standard InChI is InChI=1S/C15H22N2OS3/c1-11-9-21-14(16-11)15(4-2-3-5-15)17-13(18)8-12-10-19-6-7-20-12/h9,12H,2-8,10H2,1H3,(H,17,18)/t12-/m0/s1.